The molecule has 2 aromatic heterocycles. The summed E-state index contributed by atoms with van der Waals surface area (Å²) < 4.78 is 21.5. The van der Waals surface area contributed by atoms with Gasteiger partial charge in [-0.1, -0.05) is 23.8 Å². The van der Waals surface area contributed by atoms with E-state index in [1.165, 1.54) is 17.7 Å². The van der Waals surface area contributed by atoms with Crippen molar-refractivity contribution in [2.24, 2.45) is 0 Å². The monoisotopic (exact) mass is 390 g/mol. The number of fused-ring (bicyclic) bond motifs is 1. The molecule has 29 heavy (non-hydrogen) atoms. The largest absolute Gasteiger partial charge is 0.473 e. The van der Waals surface area contributed by atoms with Gasteiger partial charge in [-0.05, 0) is 42.8 Å². The first-order chi connectivity index (χ1) is 14.2. The van der Waals surface area contributed by atoms with Crippen LogP contribution in [0.3, 0.4) is 0 Å². The van der Waals surface area contributed by atoms with Gasteiger partial charge < -0.3 is 14.6 Å². The number of nitrogens with one attached hydrogen (secondary N) is 1. The number of hydrogen-bond acceptors (Lipinski definition) is 4. The number of imidazole rings is 1. The van der Waals surface area contributed by atoms with Gasteiger partial charge in [0, 0.05) is 43.0 Å². The molecule has 0 aliphatic heterocycles. The van der Waals surface area contributed by atoms with Crippen LogP contribution in [-0.4, -0.2) is 21.1 Å². The Bertz CT molecular complexity index is 1100. The molecular weight excluding hydrogens is 367 g/mol. The molecule has 2 heterocycles. The molecule has 148 valence electrons. The summed E-state index contributed by atoms with van der Waals surface area (Å²) in [6.07, 6.45) is 5.51. The maximum Gasteiger partial charge on any atom is 0.218 e. The van der Waals surface area contributed by atoms with E-state index in [0.717, 1.165) is 35.1 Å². The highest BCUT2D eigenvalue weighted by molar-refractivity contribution is 5.80. The van der Waals surface area contributed by atoms with Crippen molar-refractivity contribution in [3.05, 3.63) is 89.8 Å². The second kappa shape index (κ2) is 8.84. The lowest BCUT2D eigenvalue weighted by atomic mass is 10.1. The van der Waals surface area contributed by atoms with Crippen LogP contribution >= 0.6 is 0 Å². The highest BCUT2D eigenvalue weighted by Crippen LogP contribution is 2.24. The smallest absolute Gasteiger partial charge is 0.218 e. The number of rotatable bonds is 8. The normalized spacial score (nSPS) is 11.1. The van der Waals surface area contributed by atoms with Crippen molar-refractivity contribution in [2.45, 2.75) is 26.6 Å². The van der Waals surface area contributed by atoms with Gasteiger partial charge in [0.25, 0.3) is 0 Å². The molecule has 0 aliphatic carbocycles. The van der Waals surface area contributed by atoms with E-state index in [2.05, 4.69) is 29.4 Å². The second-order valence-corrected chi connectivity index (χ2v) is 7.04. The van der Waals surface area contributed by atoms with E-state index >= 15 is 0 Å². The Morgan fingerprint density at radius 2 is 2.07 bits per heavy atom. The summed E-state index contributed by atoms with van der Waals surface area (Å²) in [6.45, 7) is 4.59. The van der Waals surface area contributed by atoms with Gasteiger partial charge in [-0.15, -0.1) is 0 Å². The van der Waals surface area contributed by atoms with Crippen molar-refractivity contribution < 1.29 is 9.13 Å². The van der Waals surface area contributed by atoms with Gasteiger partial charge in [0.05, 0.1) is 11.8 Å². The number of benzene rings is 2. The maximum atomic E-state index is 13.5. The number of aromatic nitrogens is 3. The molecule has 2 aromatic carbocycles. The molecule has 1 N–H and O–H groups in total. The Morgan fingerprint density at radius 1 is 1.14 bits per heavy atom. The van der Waals surface area contributed by atoms with E-state index in [0.29, 0.717) is 12.4 Å². The van der Waals surface area contributed by atoms with Crippen LogP contribution in [0.25, 0.3) is 10.9 Å². The molecule has 6 heteroatoms. The SMILES string of the molecule is Cc1ccc2nc(OCc3cccc(F)c3)c(CNCCn3ccnc3)cc2c1. The van der Waals surface area contributed by atoms with Crippen molar-refractivity contribution in [1.29, 1.82) is 0 Å². The number of hydrogen-bond donors (Lipinski definition) is 1. The van der Waals surface area contributed by atoms with Crippen molar-refractivity contribution in [2.75, 3.05) is 6.54 Å². The zero-order valence-corrected chi connectivity index (χ0v) is 16.3. The first kappa shape index (κ1) is 19.1. The lowest BCUT2D eigenvalue weighted by molar-refractivity contribution is 0.290. The minimum atomic E-state index is -0.269. The molecule has 0 atom stereocenters. The molecule has 0 unspecified atom stereocenters. The molecular formula is C23H23FN4O. The Balaban J connectivity index is 1.51. The first-order valence-corrected chi connectivity index (χ1v) is 9.61. The van der Waals surface area contributed by atoms with Gasteiger partial charge >= 0.3 is 0 Å². The summed E-state index contributed by atoms with van der Waals surface area (Å²) in [4.78, 5) is 8.76. The lowest BCUT2D eigenvalue weighted by Crippen LogP contribution is -2.19. The molecule has 0 aliphatic rings. The van der Waals surface area contributed by atoms with Crippen molar-refractivity contribution in [3.63, 3.8) is 0 Å². The topological polar surface area (TPSA) is 52.0 Å². The van der Waals surface area contributed by atoms with Gasteiger partial charge in [-0.3, -0.25) is 0 Å². The summed E-state index contributed by atoms with van der Waals surface area (Å²) in [7, 11) is 0. The molecule has 4 aromatic rings. The standard InChI is InChI=1S/C23H23FN4O/c1-17-5-6-22-19(11-17)13-20(14-25-7-9-28-10-8-26-16-28)23(27-22)29-15-18-3-2-4-21(24)12-18/h2-6,8,10-13,16,25H,7,9,14-15H2,1H3. The third-order valence-electron chi connectivity index (χ3n) is 4.70. The highest BCUT2D eigenvalue weighted by Gasteiger charge is 2.10. The fourth-order valence-corrected chi connectivity index (χ4v) is 3.20. The quantitative estimate of drug-likeness (QED) is 0.457. The van der Waals surface area contributed by atoms with E-state index in [1.807, 2.05) is 29.0 Å². The lowest BCUT2D eigenvalue weighted by Gasteiger charge is -2.13. The number of halogens is 1. The van der Waals surface area contributed by atoms with Crippen LogP contribution in [0.2, 0.25) is 0 Å². The Labute approximate surface area is 169 Å². The molecule has 0 saturated carbocycles. The summed E-state index contributed by atoms with van der Waals surface area (Å²) in [6, 6.07) is 14.7. The predicted molar refractivity (Wildman–Crippen MR) is 111 cm³/mol. The van der Waals surface area contributed by atoms with Gasteiger partial charge in [0.15, 0.2) is 0 Å². The number of ether oxygens (including phenoxy) is 1. The average Bonchev–Trinajstić information content (AvgIpc) is 3.23. The van der Waals surface area contributed by atoms with E-state index in [1.54, 1.807) is 18.6 Å². The van der Waals surface area contributed by atoms with Crippen molar-refractivity contribution in [3.8, 4) is 5.88 Å². The number of pyridine rings is 1. The number of aryl methyl sites for hydroxylation is 1. The van der Waals surface area contributed by atoms with Gasteiger partial charge in [0.1, 0.15) is 12.4 Å². The molecule has 0 bridgehead atoms. The third-order valence-corrected chi connectivity index (χ3v) is 4.70. The van der Waals surface area contributed by atoms with Gasteiger partial charge in [0.2, 0.25) is 5.88 Å². The first-order valence-electron chi connectivity index (χ1n) is 9.61. The minimum absolute atomic E-state index is 0.268. The Kier molecular flexibility index (Phi) is 5.81. The Hall–Kier alpha value is -3.25. The fourth-order valence-electron chi connectivity index (χ4n) is 3.20. The van der Waals surface area contributed by atoms with E-state index in [-0.39, 0.29) is 12.4 Å². The van der Waals surface area contributed by atoms with Crippen molar-refractivity contribution >= 4 is 10.9 Å². The van der Waals surface area contributed by atoms with E-state index < -0.39 is 0 Å². The third kappa shape index (κ3) is 4.97. The predicted octanol–water partition coefficient (Wildman–Crippen LogP) is 4.25. The van der Waals surface area contributed by atoms with E-state index in [4.69, 9.17) is 9.72 Å². The fraction of sp³-hybridized carbons (Fsp3) is 0.217. The molecule has 0 spiro atoms. The van der Waals surface area contributed by atoms with Gasteiger partial charge in [-0.2, -0.15) is 0 Å². The molecule has 0 amide bonds. The molecule has 0 radical (unpaired) electrons. The van der Waals surface area contributed by atoms with Crippen LogP contribution in [0.5, 0.6) is 5.88 Å². The van der Waals surface area contributed by atoms with Crippen molar-refractivity contribution in [1.82, 2.24) is 19.9 Å². The zero-order chi connectivity index (χ0) is 20.1. The Morgan fingerprint density at radius 3 is 2.90 bits per heavy atom. The van der Waals surface area contributed by atoms with Crippen LogP contribution in [0, 0.1) is 12.7 Å². The van der Waals surface area contributed by atoms with E-state index in [9.17, 15) is 4.39 Å². The molecule has 0 fully saturated rings. The second-order valence-electron chi connectivity index (χ2n) is 7.04. The molecule has 4 rings (SSSR count). The van der Waals surface area contributed by atoms with Gasteiger partial charge in [-0.25, -0.2) is 14.4 Å². The zero-order valence-electron chi connectivity index (χ0n) is 16.3. The molecule has 0 saturated heterocycles. The summed E-state index contributed by atoms with van der Waals surface area (Å²) in [5, 5.41) is 4.52. The maximum absolute atomic E-state index is 13.5. The number of nitrogens with zero attached hydrogens (tertiary/aromatic N) is 3. The van der Waals surface area contributed by atoms with Crippen LogP contribution < -0.4 is 10.1 Å². The summed E-state index contributed by atoms with van der Waals surface area (Å²) >= 11 is 0. The summed E-state index contributed by atoms with van der Waals surface area (Å²) in [5.74, 6) is 0.301. The highest BCUT2D eigenvalue weighted by atomic mass is 19.1. The van der Waals surface area contributed by atoms with Crippen LogP contribution in [0.1, 0.15) is 16.7 Å². The molecule has 5 nitrogen and oxygen atoms in total. The van der Waals surface area contributed by atoms with Crippen LogP contribution in [-0.2, 0) is 19.7 Å². The summed E-state index contributed by atoms with van der Waals surface area (Å²) in [5.41, 5.74) is 3.82. The van der Waals surface area contributed by atoms with Crippen LogP contribution in [0.15, 0.2) is 67.3 Å². The van der Waals surface area contributed by atoms with Crippen LogP contribution in [0.4, 0.5) is 4.39 Å². The average molecular weight is 390 g/mol. The minimum Gasteiger partial charge on any atom is -0.473 e.